The molecule has 1 aliphatic rings. The second-order valence-corrected chi connectivity index (χ2v) is 8.54. The standard InChI is InChI=1S/C9H18OS.C5H10O.C4H10OS/c1-7(2)6-9-10-8(3)4-5-11-9;1-5(2)3-4-6;1-4(5)2-3-6/h7-9H,4-6H2,1-3H3;4-5H,3H2,1-2H3;4-6H,2-3H2,1H3. The number of aliphatic hydroxyl groups is 1. The minimum atomic E-state index is -0.178. The van der Waals surface area contributed by atoms with Gasteiger partial charge >= 0.3 is 0 Å². The first-order valence-corrected chi connectivity index (χ1v) is 10.4. The van der Waals surface area contributed by atoms with Crippen LogP contribution in [0.4, 0.5) is 0 Å². The first kappa shape index (κ1) is 25.5. The third kappa shape index (κ3) is 22.3. The lowest BCUT2D eigenvalue weighted by Gasteiger charge is -2.28. The van der Waals surface area contributed by atoms with Crippen molar-refractivity contribution in [1.29, 1.82) is 0 Å². The predicted octanol–water partition coefficient (Wildman–Crippen LogP) is 4.82. The van der Waals surface area contributed by atoms with E-state index in [1.807, 2.05) is 25.6 Å². The highest BCUT2D eigenvalue weighted by Gasteiger charge is 2.19. The van der Waals surface area contributed by atoms with Crippen molar-refractivity contribution >= 4 is 30.7 Å². The molecule has 0 amide bonds. The van der Waals surface area contributed by atoms with Crippen LogP contribution in [0.1, 0.15) is 67.2 Å². The summed E-state index contributed by atoms with van der Waals surface area (Å²) in [6.45, 7) is 12.5. The van der Waals surface area contributed by atoms with Crippen molar-refractivity contribution in [1.82, 2.24) is 0 Å². The highest BCUT2D eigenvalue weighted by Crippen LogP contribution is 2.28. The Morgan fingerprint density at radius 1 is 1.26 bits per heavy atom. The highest BCUT2D eigenvalue weighted by atomic mass is 32.2. The van der Waals surface area contributed by atoms with E-state index in [-0.39, 0.29) is 6.10 Å². The molecule has 3 unspecified atom stereocenters. The van der Waals surface area contributed by atoms with Gasteiger partial charge in [-0.05, 0) is 56.5 Å². The first-order valence-electron chi connectivity index (χ1n) is 8.72. The Labute approximate surface area is 153 Å². The van der Waals surface area contributed by atoms with Crippen molar-refractivity contribution in [2.24, 2.45) is 11.8 Å². The number of hydrogen-bond donors (Lipinski definition) is 2. The van der Waals surface area contributed by atoms with Gasteiger partial charge in [-0.15, -0.1) is 11.8 Å². The number of thiol groups is 1. The lowest BCUT2D eigenvalue weighted by atomic mass is 10.1. The van der Waals surface area contributed by atoms with Gasteiger partial charge in [0.2, 0.25) is 0 Å². The molecule has 0 spiro atoms. The van der Waals surface area contributed by atoms with E-state index in [0.29, 0.717) is 23.9 Å². The van der Waals surface area contributed by atoms with Crippen molar-refractivity contribution in [3.8, 4) is 0 Å². The van der Waals surface area contributed by atoms with E-state index in [2.05, 4.69) is 33.4 Å². The van der Waals surface area contributed by atoms with Gasteiger partial charge in [-0.1, -0.05) is 27.7 Å². The van der Waals surface area contributed by atoms with Crippen LogP contribution in [-0.4, -0.2) is 40.5 Å². The maximum absolute atomic E-state index is 9.62. The number of carbonyl (C=O) groups is 1. The molecule has 23 heavy (non-hydrogen) atoms. The van der Waals surface area contributed by atoms with Crippen LogP contribution in [0.15, 0.2) is 0 Å². The minimum absolute atomic E-state index is 0.178. The third-order valence-electron chi connectivity index (χ3n) is 2.99. The molecule has 3 nitrogen and oxygen atoms in total. The van der Waals surface area contributed by atoms with Gasteiger partial charge in [0, 0.05) is 6.42 Å². The molecule has 0 saturated carbocycles. The number of hydrogen-bond acceptors (Lipinski definition) is 5. The molecule has 1 saturated heterocycles. The molecule has 1 rings (SSSR count). The van der Waals surface area contributed by atoms with Crippen LogP contribution < -0.4 is 0 Å². The van der Waals surface area contributed by atoms with Gasteiger partial charge in [0.15, 0.2) is 0 Å². The molecular formula is C18H38O3S2. The van der Waals surface area contributed by atoms with Gasteiger partial charge in [0.25, 0.3) is 0 Å². The molecule has 5 heteroatoms. The molecule has 1 fully saturated rings. The summed E-state index contributed by atoms with van der Waals surface area (Å²) in [5.74, 6) is 3.34. The van der Waals surface area contributed by atoms with Gasteiger partial charge in [0.05, 0.1) is 12.2 Å². The zero-order valence-corrected chi connectivity index (χ0v) is 17.5. The lowest BCUT2D eigenvalue weighted by molar-refractivity contribution is -0.108. The third-order valence-corrected chi connectivity index (χ3v) is 4.40. The average molecular weight is 367 g/mol. The summed E-state index contributed by atoms with van der Waals surface area (Å²) in [6.07, 6.45) is 5.17. The summed E-state index contributed by atoms with van der Waals surface area (Å²) >= 11 is 5.87. The number of aliphatic hydroxyl groups excluding tert-OH is 1. The summed E-state index contributed by atoms with van der Waals surface area (Å²) in [6, 6.07) is 0. The summed E-state index contributed by atoms with van der Waals surface area (Å²) in [7, 11) is 0. The fourth-order valence-corrected chi connectivity index (χ4v) is 3.51. The maximum Gasteiger partial charge on any atom is 0.120 e. The zero-order valence-electron chi connectivity index (χ0n) is 15.8. The van der Waals surface area contributed by atoms with E-state index >= 15 is 0 Å². The molecule has 0 aromatic rings. The van der Waals surface area contributed by atoms with Gasteiger partial charge in [-0.2, -0.15) is 12.6 Å². The fraction of sp³-hybridized carbons (Fsp3) is 0.944. The molecule has 1 N–H and O–H groups in total. The number of aldehydes is 1. The second kappa shape index (κ2) is 17.1. The smallest absolute Gasteiger partial charge is 0.120 e. The Balaban J connectivity index is 0. The monoisotopic (exact) mass is 366 g/mol. The van der Waals surface area contributed by atoms with Crippen LogP contribution >= 0.6 is 24.4 Å². The molecule has 140 valence electrons. The van der Waals surface area contributed by atoms with E-state index in [0.717, 1.165) is 24.4 Å². The molecule has 0 aromatic carbocycles. The van der Waals surface area contributed by atoms with Crippen molar-refractivity contribution in [2.45, 2.75) is 84.9 Å². The van der Waals surface area contributed by atoms with Crippen molar-refractivity contribution in [3.63, 3.8) is 0 Å². The largest absolute Gasteiger partial charge is 0.393 e. The molecule has 3 atom stereocenters. The van der Waals surface area contributed by atoms with E-state index in [1.165, 1.54) is 18.6 Å². The zero-order chi connectivity index (χ0) is 18.3. The molecule has 0 bridgehead atoms. The Hall–Kier alpha value is 0.290. The van der Waals surface area contributed by atoms with E-state index < -0.39 is 0 Å². The predicted molar refractivity (Wildman–Crippen MR) is 107 cm³/mol. The van der Waals surface area contributed by atoms with Crippen LogP contribution in [0, 0.1) is 11.8 Å². The van der Waals surface area contributed by atoms with E-state index in [1.54, 1.807) is 6.92 Å². The molecule has 0 aliphatic carbocycles. The quantitative estimate of drug-likeness (QED) is 0.522. The Morgan fingerprint density at radius 3 is 2.13 bits per heavy atom. The topological polar surface area (TPSA) is 46.5 Å². The Kier molecular flexibility index (Phi) is 19.0. The van der Waals surface area contributed by atoms with Crippen molar-refractivity contribution in [3.05, 3.63) is 0 Å². The van der Waals surface area contributed by atoms with Gasteiger partial charge in [0.1, 0.15) is 11.7 Å². The van der Waals surface area contributed by atoms with Crippen molar-refractivity contribution in [2.75, 3.05) is 11.5 Å². The first-order chi connectivity index (χ1) is 10.7. The van der Waals surface area contributed by atoms with Gasteiger partial charge in [-0.25, -0.2) is 0 Å². The van der Waals surface area contributed by atoms with Crippen LogP contribution in [0.25, 0.3) is 0 Å². The molecule has 1 aliphatic heterocycles. The minimum Gasteiger partial charge on any atom is -0.393 e. The van der Waals surface area contributed by atoms with Gasteiger partial charge in [-0.3, -0.25) is 0 Å². The van der Waals surface area contributed by atoms with Crippen molar-refractivity contribution < 1.29 is 14.6 Å². The summed E-state index contributed by atoms with van der Waals surface area (Å²) < 4.78 is 5.76. The summed E-state index contributed by atoms with van der Waals surface area (Å²) in [4.78, 5) is 9.62. The van der Waals surface area contributed by atoms with E-state index in [9.17, 15) is 4.79 Å². The van der Waals surface area contributed by atoms with E-state index in [4.69, 9.17) is 9.84 Å². The average Bonchev–Trinajstić information content (AvgIpc) is 2.38. The molecule has 0 aromatic heterocycles. The number of carbonyl (C=O) groups excluding carboxylic acids is 1. The maximum atomic E-state index is 9.62. The number of ether oxygens (including phenoxy) is 1. The van der Waals surface area contributed by atoms with Gasteiger partial charge < -0.3 is 14.6 Å². The summed E-state index contributed by atoms with van der Waals surface area (Å²) in [5.41, 5.74) is 0.471. The molecule has 1 heterocycles. The van der Waals surface area contributed by atoms with Crippen LogP contribution in [0.2, 0.25) is 0 Å². The Bertz CT molecular complexity index is 257. The normalized spacial score (nSPS) is 21.8. The number of rotatable bonds is 6. The molecule has 0 radical (unpaired) electrons. The number of thioether (sulfide) groups is 1. The second-order valence-electron chi connectivity index (χ2n) is 6.82. The highest BCUT2D eigenvalue weighted by molar-refractivity contribution is 7.99. The fourth-order valence-electron chi connectivity index (χ4n) is 1.62. The molecular weight excluding hydrogens is 328 g/mol. The lowest BCUT2D eigenvalue weighted by Crippen LogP contribution is -2.24. The Morgan fingerprint density at radius 2 is 1.87 bits per heavy atom. The van der Waals surface area contributed by atoms with Crippen LogP contribution in [0.5, 0.6) is 0 Å². The summed E-state index contributed by atoms with van der Waals surface area (Å²) in [5, 5.41) is 8.50. The van der Waals surface area contributed by atoms with Crippen LogP contribution in [0.3, 0.4) is 0 Å². The van der Waals surface area contributed by atoms with Crippen LogP contribution in [-0.2, 0) is 9.53 Å². The SMILES string of the molecule is CC(C)CC1OC(C)CCS1.CC(C)CC=O.CC(O)CCS.